The first kappa shape index (κ1) is 22.1. The van der Waals surface area contributed by atoms with Crippen molar-refractivity contribution in [3.05, 3.63) is 64.6 Å². The maximum Gasteiger partial charge on any atom is 0.220 e. The molecule has 5 rings (SSSR count). The van der Waals surface area contributed by atoms with Gasteiger partial charge in [0.25, 0.3) is 0 Å². The van der Waals surface area contributed by atoms with Crippen molar-refractivity contribution < 1.29 is 4.79 Å². The van der Waals surface area contributed by atoms with Crippen LogP contribution >= 0.6 is 0 Å². The van der Waals surface area contributed by atoms with E-state index in [-0.39, 0.29) is 5.91 Å². The number of fused-ring (bicyclic) bond motifs is 1. The molecule has 0 bridgehead atoms. The molecule has 33 heavy (non-hydrogen) atoms. The van der Waals surface area contributed by atoms with E-state index < -0.39 is 0 Å². The molecule has 1 aliphatic heterocycles. The fraction of sp³-hybridized carbons (Fsp3) is 0.519. The maximum atomic E-state index is 12.4. The Morgan fingerprint density at radius 3 is 2.70 bits per heavy atom. The molecule has 3 heterocycles. The van der Waals surface area contributed by atoms with Gasteiger partial charge in [-0.05, 0) is 57.2 Å². The summed E-state index contributed by atoms with van der Waals surface area (Å²) in [5, 5.41) is 8.18. The van der Waals surface area contributed by atoms with Crippen molar-refractivity contribution in [3.63, 3.8) is 0 Å². The highest BCUT2D eigenvalue weighted by Crippen LogP contribution is 2.29. The quantitative estimate of drug-likeness (QED) is 0.588. The zero-order chi connectivity index (χ0) is 22.8. The lowest BCUT2D eigenvalue weighted by Crippen LogP contribution is -2.32. The predicted molar refractivity (Wildman–Crippen MR) is 130 cm³/mol. The summed E-state index contributed by atoms with van der Waals surface area (Å²) in [6.07, 6.45) is 7.06. The second-order valence-corrected chi connectivity index (χ2v) is 9.86. The van der Waals surface area contributed by atoms with Gasteiger partial charge >= 0.3 is 0 Å². The first-order valence-corrected chi connectivity index (χ1v) is 12.5. The van der Waals surface area contributed by atoms with Gasteiger partial charge in [-0.15, -0.1) is 0 Å². The Morgan fingerprint density at radius 2 is 1.91 bits per heavy atom. The van der Waals surface area contributed by atoms with E-state index in [4.69, 9.17) is 10.1 Å². The molecule has 1 atom stereocenters. The van der Waals surface area contributed by atoms with Gasteiger partial charge in [0.15, 0.2) is 5.65 Å². The summed E-state index contributed by atoms with van der Waals surface area (Å²) in [7, 11) is 0. The van der Waals surface area contributed by atoms with Crippen molar-refractivity contribution in [2.45, 2.75) is 77.3 Å². The third-order valence-electron chi connectivity index (χ3n) is 7.44. The normalized spacial score (nSPS) is 19.5. The lowest BCUT2D eigenvalue weighted by molar-refractivity contribution is -0.121. The van der Waals surface area contributed by atoms with Crippen molar-refractivity contribution in [1.29, 1.82) is 0 Å². The van der Waals surface area contributed by atoms with Crippen LogP contribution in [0.25, 0.3) is 5.65 Å². The van der Waals surface area contributed by atoms with Gasteiger partial charge in [0.2, 0.25) is 5.91 Å². The zero-order valence-electron chi connectivity index (χ0n) is 19.9. The number of rotatable bonds is 7. The van der Waals surface area contributed by atoms with Gasteiger partial charge in [0.05, 0.1) is 5.69 Å². The molecular formula is C27H35N5O. The molecule has 1 saturated carbocycles. The molecule has 1 amide bonds. The van der Waals surface area contributed by atoms with Crippen LogP contribution in [0, 0.1) is 13.8 Å². The summed E-state index contributed by atoms with van der Waals surface area (Å²) >= 11 is 0. The van der Waals surface area contributed by atoms with Crippen LogP contribution in [-0.2, 0) is 17.8 Å². The van der Waals surface area contributed by atoms with E-state index >= 15 is 0 Å². The number of likely N-dealkylation sites (tertiary alicyclic amines) is 1. The third-order valence-corrected chi connectivity index (χ3v) is 7.44. The summed E-state index contributed by atoms with van der Waals surface area (Å²) in [4.78, 5) is 19.8. The average Bonchev–Trinajstić information content (AvgIpc) is 3.55. The van der Waals surface area contributed by atoms with Crippen molar-refractivity contribution in [3.8, 4) is 0 Å². The van der Waals surface area contributed by atoms with Crippen LogP contribution in [0.3, 0.4) is 0 Å². The molecule has 1 aliphatic carbocycles. The third kappa shape index (κ3) is 4.96. The predicted octanol–water partition coefficient (Wildman–Crippen LogP) is 4.33. The summed E-state index contributed by atoms with van der Waals surface area (Å²) in [6, 6.07) is 13.2. The van der Waals surface area contributed by atoms with Gasteiger partial charge in [0.1, 0.15) is 0 Å². The first-order valence-electron chi connectivity index (χ1n) is 12.5. The number of amides is 1. The van der Waals surface area contributed by atoms with E-state index in [1.807, 2.05) is 4.52 Å². The van der Waals surface area contributed by atoms with Gasteiger partial charge < -0.3 is 5.32 Å². The van der Waals surface area contributed by atoms with Crippen LogP contribution in [0.4, 0.5) is 0 Å². The van der Waals surface area contributed by atoms with E-state index in [1.54, 1.807) is 0 Å². The molecule has 2 fully saturated rings. The van der Waals surface area contributed by atoms with E-state index in [0.29, 0.717) is 24.8 Å². The molecule has 1 saturated heterocycles. The number of hydrogen-bond donors (Lipinski definition) is 1. The minimum absolute atomic E-state index is 0.159. The Morgan fingerprint density at radius 1 is 1.12 bits per heavy atom. The lowest BCUT2D eigenvalue weighted by atomic mass is 10.1. The minimum atomic E-state index is 0.159. The Balaban J connectivity index is 1.26. The first-order chi connectivity index (χ1) is 16.1. The van der Waals surface area contributed by atoms with E-state index in [1.165, 1.54) is 18.4 Å². The second-order valence-electron chi connectivity index (χ2n) is 9.86. The van der Waals surface area contributed by atoms with Crippen LogP contribution in [0.2, 0.25) is 0 Å². The maximum absolute atomic E-state index is 12.4. The van der Waals surface area contributed by atoms with Crippen molar-refractivity contribution in [2.24, 2.45) is 0 Å². The summed E-state index contributed by atoms with van der Waals surface area (Å²) in [6.45, 7) is 7.29. The summed E-state index contributed by atoms with van der Waals surface area (Å²) in [5.74, 6) is 0.599. The number of benzene rings is 1. The standard InChI is InChI=1S/C27H35N5O/c1-19-24(12-13-27(33)29-23-10-6-7-11-23)20(2)32-26(28-19)16-25(30-32)22-14-15-31(18-22)17-21-8-4-3-5-9-21/h3-5,8-9,16,22-23H,6-7,10-15,17-18H2,1-2H3,(H,29,33). The van der Waals surface area contributed by atoms with Gasteiger partial charge in [0, 0.05) is 48.9 Å². The zero-order valence-corrected chi connectivity index (χ0v) is 19.9. The Kier molecular flexibility index (Phi) is 6.45. The van der Waals surface area contributed by atoms with Crippen LogP contribution in [0.5, 0.6) is 0 Å². The lowest BCUT2D eigenvalue weighted by Gasteiger charge is -2.15. The van der Waals surface area contributed by atoms with Gasteiger partial charge in [-0.2, -0.15) is 5.10 Å². The molecule has 0 radical (unpaired) electrons. The molecule has 174 valence electrons. The molecule has 1 N–H and O–H groups in total. The van der Waals surface area contributed by atoms with Crippen LogP contribution in [-0.4, -0.2) is 44.5 Å². The highest BCUT2D eigenvalue weighted by Gasteiger charge is 2.27. The molecule has 1 aromatic carbocycles. The fourth-order valence-electron chi connectivity index (χ4n) is 5.57. The molecule has 1 unspecified atom stereocenters. The van der Waals surface area contributed by atoms with Crippen molar-refractivity contribution in [1.82, 2.24) is 24.8 Å². The Bertz CT molecular complexity index is 1120. The average molecular weight is 446 g/mol. The van der Waals surface area contributed by atoms with Gasteiger partial charge in [-0.25, -0.2) is 9.50 Å². The van der Waals surface area contributed by atoms with Crippen molar-refractivity contribution >= 4 is 11.6 Å². The number of hydrogen-bond acceptors (Lipinski definition) is 4. The molecule has 3 aromatic rings. The molecule has 0 spiro atoms. The second kappa shape index (κ2) is 9.64. The topological polar surface area (TPSA) is 62.5 Å². The molecule has 2 aromatic heterocycles. The monoisotopic (exact) mass is 445 g/mol. The largest absolute Gasteiger partial charge is 0.353 e. The Hall–Kier alpha value is -2.73. The van der Waals surface area contributed by atoms with Gasteiger partial charge in [-0.3, -0.25) is 9.69 Å². The number of aryl methyl sites for hydroxylation is 2. The molecule has 6 heteroatoms. The smallest absolute Gasteiger partial charge is 0.220 e. The van der Waals surface area contributed by atoms with Crippen LogP contribution in [0.15, 0.2) is 36.4 Å². The molecule has 2 aliphatic rings. The number of nitrogens with zero attached hydrogens (tertiary/aromatic N) is 4. The van der Waals surface area contributed by atoms with E-state index in [0.717, 1.165) is 67.2 Å². The Labute approximate surface area is 196 Å². The SMILES string of the molecule is Cc1nc2cc(C3CCN(Cc4ccccc4)C3)nn2c(C)c1CCC(=O)NC1CCCC1. The fourth-order valence-corrected chi connectivity index (χ4v) is 5.57. The minimum Gasteiger partial charge on any atom is -0.353 e. The van der Waals surface area contributed by atoms with E-state index in [2.05, 4.69) is 60.5 Å². The highest BCUT2D eigenvalue weighted by atomic mass is 16.1. The van der Waals surface area contributed by atoms with Crippen LogP contribution < -0.4 is 5.32 Å². The number of nitrogens with one attached hydrogen (secondary N) is 1. The van der Waals surface area contributed by atoms with Gasteiger partial charge in [-0.1, -0.05) is 43.2 Å². The molecular weight excluding hydrogens is 410 g/mol. The summed E-state index contributed by atoms with van der Waals surface area (Å²) < 4.78 is 1.99. The number of carbonyl (C=O) groups excluding carboxylic acids is 1. The van der Waals surface area contributed by atoms with Crippen molar-refractivity contribution in [2.75, 3.05) is 13.1 Å². The number of carbonyl (C=O) groups is 1. The van der Waals surface area contributed by atoms with E-state index in [9.17, 15) is 4.79 Å². The molecule has 6 nitrogen and oxygen atoms in total. The van der Waals surface area contributed by atoms with Crippen LogP contribution in [0.1, 0.15) is 72.7 Å². The summed E-state index contributed by atoms with van der Waals surface area (Å²) in [5.41, 5.74) is 6.69. The highest BCUT2D eigenvalue weighted by molar-refractivity contribution is 5.76. The number of aromatic nitrogens is 3.